The topological polar surface area (TPSA) is 93.4 Å². The molecule has 0 unspecified atom stereocenters. The van der Waals surface area contributed by atoms with Gasteiger partial charge in [0.15, 0.2) is 5.82 Å². The molecule has 1 fully saturated rings. The predicted octanol–water partition coefficient (Wildman–Crippen LogP) is 1.67. The molecular weight excluding hydrogens is 318 g/mol. The van der Waals surface area contributed by atoms with Gasteiger partial charge in [-0.3, -0.25) is 10.2 Å². The van der Waals surface area contributed by atoms with E-state index in [9.17, 15) is 4.79 Å². The third kappa shape index (κ3) is 3.88. The van der Waals surface area contributed by atoms with Gasteiger partial charge in [-0.15, -0.1) is 0 Å². The smallest absolute Gasteiger partial charge is 0.237 e. The number of nitrogens with zero attached hydrogens (tertiary/aromatic N) is 3. The maximum Gasteiger partial charge on any atom is 0.237 e. The lowest BCUT2D eigenvalue weighted by atomic mass is 9.96. The van der Waals surface area contributed by atoms with Gasteiger partial charge < -0.3 is 9.64 Å². The molecule has 1 aromatic carbocycles. The third-order valence-corrected chi connectivity index (χ3v) is 4.50. The zero-order valence-corrected chi connectivity index (χ0v) is 14.5. The van der Waals surface area contributed by atoms with Gasteiger partial charge in [0.25, 0.3) is 0 Å². The number of nitrogens with one attached hydrogen (secondary N) is 1. The Morgan fingerprint density at radius 1 is 1.28 bits per heavy atom. The average Bonchev–Trinajstić information content (AvgIpc) is 2.67. The number of rotatable bonds is 4. The Labute approximate surface area is 147 Å². The Kier molecular flexibility index (Phi) is 5.14. The predicted molar refractivity (Wildman–Crippen MR) is 96.0 cm³/mol. The number of anilines is 1. The zero-order valence-electron chi connectivity index (χ0n) is 14.5. The van der Waals surface area contributed by atoms with E-state index >= 15 is 0 Å². The number of hydrogen-bond acceptors (Lipinski definition) is 6. The lowest BCUT2D eigenvalue weighted by Gasteiger charge is -2.32. The number of piperidine rings is 1. The molecular formula is C18H23N5O2. The van der Waals surface area contributed by atoms with E-state index < -0.39 is 0 Å². The number of aryl methyl sites for hydroxylation is 1. The number of ether oxygens (including phenoxy) is 1. The quantitative estimate of drug-likeness (QED) is 0.499. The van der Waals surface area contributed by atoms with Gasteiger partial charge in [0, 0.05) is 36.3 Å². The van der Waals surface area contributed by atoms with Gasteiger partial charge in [0.2, 0.25) is 5.91 Å². The van der Waals surface area contributed by atoms with Crippen molar-refractivity contribution in [3.8, 4) is 17.1 Å². The summed E-state index contributed by atoms with van der Waals surface area (Å²) in [6.07, 6.45) is 1.53. The summed E-state index contributed by atoms with van der Waals surface area (Å²) in [5.41, 5.74) is 4.07. The Morgan fingerprint density at radius 3 is 2.72 bits per heavy atom. The van der Waals surface area contributed by atoms with Crippen LogP contribution in [-0.2, 0) is 4.79 Å². The Morgan fingerprint density at radius 2 is 2.04 bits per heavy atom. The number of nitrogens with two attached hydrogens (primary N) is 1. The second-order valence-corrected chi connectivity index (χ2v) is 6.19. The Hall–Kier alpha value is -2.67. The minimum atomic E-state index is -0.0874. The number of amides is 1. The summed E-state index contributed by atoms with van der Waals surface area (Å²) in [6, 6.07) is 9.70. The van der Waals surface area contributed by atoms with Crippen LogP contribution in [0.4, 0.5) is 5.82 Å². The van der Waals surface area contributed by atoms with Gasteiger partial charge >= 0.3 is 0 Å². The molecule has 0 aliphatic carbocycles. The maximum atomic E-state index is 11.7. The van der Waals surface area contributed by atoms with E-state index in [0.29, 0.717) is 5.82 Å². The molecule has 0 spiro atoms. The van der Waals surface area contributed by atoms with Crippen molar-refractivity contribution in [2.75, 3.05) is 25.1 Å². The van der Waals surface area contributed by atoms with Crippen LogP contribution in [0.3, 0.4) is 0 Å². The van der Waals surface area contributed by atoms with Crippen LogP contribution in [0, 0.1) is 12.8 Å². The lowest BCUT2D eigenvalue weighted by molar-refractivity contribution is -0.125. The van der Waals surface area contributed by atoms with E-state index in [1.807, 2.05) is 37.3 Å². The van der Waals surface area contributed by atoms with Gasteiger partial charge in [-0.1, -0.05) is 12.1 Å². The van der Waals surface area contributed by atoms with Crippen molar-refractivity contribution in [1.29, 1.82) is 0 Å². The molecule has 7 heteroatoms. The number of carbonyl (C=O) groups excluding carboxylic acids is 1. The van der Waals surface area contributed by atoms with E-state index in [1.165, 1.54) is 0 Å². The summed E-state index contributed by atoms with van der Waals surface area (Å²) < 4.78 is 5.28. The molecule has 0 atom stereocenters. The highest BCUT2D eigenvalue weighted by Gasteiger charge is 2.25. The van der Waals surface area contributed by atoms with E-state index in [1.54, 1.807) is 7.11 Å². The van der Waals surface area contributed by atoms with Crippen molar-refractivity contribution in [2.45, 2.75) is 19.8 Å². The highest BCUT2D eigenvalue weighted by atomic mass is 16.5. The zero-order chi connectivity index (χ0) is 17.8. The van der Waals surface area contributed by atoms with Gasteiger partial charge in [0.05, 0.1) is 7.11 Å². The molecule has 3 rings (SSSR count). The highest BCUT2D eigenvalue weighted by molar-refractivity contribution is 5.78. The monoisotopic (exact) mass is 341 g/mol. The van der Waals surface area contributed by atoms with Gasteiger partial charge in [0.1, 0.15) is 11.6 Å². The Balaban J connectivity index is 1.82. The molecule has 1 saturated heterocycles. The van der Waals surface area contributed by atoms with E-state index in [4.69, 9.17) is 15.6 Å². The lowest BCUT2D eigenvalue weighted by Crippen LogP contribution is -2.43. The van der Waals surface area contributed by atoms with Crippen LogP contribution in [0.15, 0.2) is 30.3 Å². The third-order valence-electron chi connectivity index (χ3n) is 4.50. The van der Waals surface area contributed by atoms with Gasteiger partial charge in [-0.25, -0.2) is 15.8 Å². The SMILES string of the molecule is COc1cccc(-c2nc(C)cc(N3CCC(C(=O)NN)CC3)n2)c1. The minimum absolute atomic E-state index is 0.0259. The first-order valence-electron chi connectivity index (χ1n) is 8.36. The van der Waals surface area contributed by atoms with Crippen molar-refractivity contribution >= 4 is 11.7 Å². The van der Waals surface area contributed by atoms with E-state index in [-0.39, 0.29) is 11.8 Å². The van der Waals surface area contributed by atoms with E-state index in [0.717, 1.165) is 48.8 Å². The summed E-state index contributed by atoms with van der Waals surface area (Å²) >= 11 is 0. The van der Waals surface area contributed by atoms with Crippen LogP contribution in [0.25, 0.3) is 11.4 Å². The number of benzene rings is 1. The molecule has 1 aliphatic rings. The molecule has 0 radical (unpaired) electrons. The molecule has 7 nitrogen and oxygen atoms in total. The average molecular weight is 341 g/mol. The van der Waals surface area contributed by atoms with Crippen molar-refractivity contribution in [3.63, 3.8) is 0 Å². The normalized spacial score (nSPS) is 15.1. The van der Waals surface area contributed by atoms with Crippen molar-refractivity contribution in [1.82, 2.24) is 15.4 Å². The van der Waals surface area contributed by atoms with Crippen molar-refractivity contribution in [3.05, 3.63) is 36.0 Å². The number of hydrazine groups is 1. The summed E-state index contributed by atoms with van der Waals surface area (Å²) in [5, 5.41) is 0. The van der Waals surface area contributed by atoms with Gasteiger partial charge in [-0.2, -0.15) is 0 Å². The molecule has 25 heavy (non-hydrogen) atoms. The summed E-state index contributed by atoms with van der Waals surface area (Å²) in [4.78, 5) is 23.1. The molecule has 0 saturated carbocycles. The van der Waals surface area contributed by atoms with Crippen molar-refractivity contribution < 1.29 is 9.53 Å². The fourth-order valence-corrected chi connectivity index (χ4v) is 3.09. The van der Waals surface area contributed by atoms with Crippen LogP contribution in [-0.4, -0.2) is 36.1 Å². The first-order valence-corrected chi connectivity index (χ1v) is 8.36. The standard InChI is InChI=1S/C18H23N5O2/c1-12-10-16(23-8-6-13(7-9-23)18(24)22-19)21-17(20-12)14-4-3-5-15(11-14)25-2/h3-5,10-11,13H,6-9,19H2,1-2H3,(H,22,24). The molecule has 132 valence electrons. The van der Waals surface area contributed by atoms with Crippen LogP contribution in [0.5, 0.6) is 5.75 Å². The summed E-state index contributed by atoms with van der Waals surface area (Å²) in [7, 11) is 1.64. The van der Waals surface area contributed by atoms with Crippen LogP contribution >= 0.6 is 0 Å². The number of aromatic nitrogens is 2. The van der Waals surface area contributed by atoms with Crippen LogP contribution < -0.4 is 20.9 Å². The summed E-state index contributed by atoms with van der Waals surface area (Å²) in [5.74, 6) is 7.46. The van der Waals surface area contributed by atoms with E-state index in [2.05, 4.69) is 15.3 Å². The molecule has 1 aromatic heterocycles. The summed E-state index contributed by atoms with van der Waals surface area (Å²) in [6.45, 7) is 3.50. The fraction of sp³-hybridized carbons (Fsp3) is 0.389. The molecule has 2 aromatic rings. The van der Waals surface area contributed by atoms with Crippen LogP contribution in [0.1, 0.15) is 18.5 Å². The number of methoxy groups -OCH3 is 1. The molecule has 3 N–H and O–H groups in total. The minimum Gasteiger partial charge on any atom is -0.497 e. The number of hydrogen-bond donors (Lipinski definition) is 2. The first kappa shape index (κ1) is 17.2. The largest absolute Gasteiger partial charge is 0.497 e. The fourth-order valence-electron chi connectivity index (χ4n) is 3.09. The van der Waals surface area contributed by atoms with Gasteiger partial charge in [-0.05, 0) is 31.9 Å². The first-order chi connectivity index (χ1) is 12.1. The van der Waals surface area contributed by atoms with Crippen LogP contribution in [0.2, 0.25) is 0 Å². The highest BCUT2D eigenvalue weighted by Crippen LogP contribution is 2.26. The maximum absolute atomic E-state index is 11.7. The Bertz CT molecular complexity index is 757. The molecule has 1 aliphatic heterocycles. The molecule has 0 bridgehead atoms. The number of carbonyl (C=O) groups is 1. The molecule has 1 amide bonds. The second kappa shape index (κ2) is 7.48. The van der Waals surface area contributed by atoms with Crippen molar-refractivity contribution in [2.24, 2.45) is 11.8 Å². The molecule has 2 heterocycles. The second-order valence-electron chi connectivity index (χ2n) is 6.19.